The second-order valence-corrected chi connectivity index (χ2v) is 4.16. The molecular formula is C8H16BN. The van der Waals surface area contributed by atoms with Crippen LogP contribution in [-0.2, 0) is 0 Å². The van der Waals surface area contributed by atoms with E-state index in [0.717, 1.165) is 17.9 Å². The van der Waals surface area contributed by atoms with E-state index in [-0.39, 0.29) is 0 Å². The van der Waals surface area contributed by atoms with Crippen molar-refractivity contribution in [1.29, 1.82) is 0 Å². The van der Waals surface area contributed by atoms with Gasteiger partial charge in [-0.05, 0) is 37.6 Å². The van der Waals surface area contributed by atoms with E-state index in [1.54, 1.807) is 0 Å². The van der Waals surface area contributed by atoms with Gasteiger partial charge in [-0.3, -0.25) is 0 Å². The number of hydrogen-bond acceptors (Lipinski definition) is 1. The zero-order valence-corrected chi connectivity index (χ0v) is 7.01. The fourth-order valence-corrected chi connectivity index (χ4v) is 2.85. The van der Waals surface area contributed by atoms with Crippen molar-refractivity contribution in [1.82, 2.24) is 4.81 Å². The summed E-state index contributed by atoms with van der Waals surface area (Å²) in [5, 5.41) is 0. The number of piperidine rings is 2. The van der Waals surface area contributed by atoms with Crippen molar-refractivity contribution < 1.29 is 0 Å². The van der Waals surface area contributed by atoms with Crippen LogP contribution in [0.25, 0.3) is 0 Å². The van der Waals surface area contributed by atoms with Crippen molar-refractivity contribution >= 4 is 7.98 Å². The fraction of sp³-hybridized carbons (Fsp3) is 1.00. The molecule has 10 heavy (non-hydrogen) atoms. The van der Waals surface area contributed by atoms with Gasteiger partial charge in [0.15, 0.2) is 7.98 Å². The normalized spacial score (nSPS) is 47.9. The van der Waals surface area contributed by atoms with Crippen LogP contribution in [0, 0.1) is 11.8 Å². The summed E-state index contributed by atoms with van der Waals surface area (Å²) in [6.45, 7) is 3.78. The zero-order chi connectivity index (χ0) is 7.14. The van der Waals surface area contributed by atoms with Gasteiger partial charge < -0.3 is 4.81 Å². The van der Waals surface area contributed by atoms with E-state index in [1.165, 1.54) is 25.8 Å². The lowest BCUT2D eigenvalue weighted by Gasteiger charge is -2.48. The Hall–Kier alpha value is 0.0249. The molecule has 0 aromatic heterocycles. The average molecular weight is 137 g/mol. The summed E-state index contributed by atoms with van der Waals surface area (Å²) < 4.78 is 0. The molecule has 3 unspecified atom stereocenters. The molecule has 3 atom stereocenters. The van der Waals surface area contributed by atoms with E-state index in [2.05, 4.69) is 19.7 Å². The molecule has 3 aliphatic rings. The molecule has 2 aliphatic heterocycles. The van der Waals surface area contributed by atoms with E-state index in [9.17, 15) is 0 Å². The van der Waals surface area contributed by atoms with Gasteiger partial charge in [0.1, 0.15) is 0 Å². The van der Waals surface area contributed by atoms with Crippen LogP contribution in [0.15, 0.2) is 0 Å². The molecule has 0 N–H and O–H groups in total. The standard InChI is InChI=1S/C8H16BN/c1-6-4-7-2-3-8(6)10(9)5-7/h6-8H,2-5,9H2,1H3. The van der Waals surface area contributed by atoms with Gasteiger partial charge in [-0.2, -0.15) is 0 Å². The van der Waals surface area contributed by atoms with Crippen LogP contribution in [0.4, 0.5) is 0 Å². The van der Waals surface area contributed by atoms with Gasteiger partial charge in [0.2, 0.25) is 0 Å². The van der Waals surface area contributed by atoms with E-state index < -0.39 is 0 Å². The lowest BCUT2D eigenvalue weighted by Crippen LogP contribution is -2.50. The quantitative estimate of drug-likeness (QED) is 0.443. The number of rotatable bonds is 0. The molecular weight excluding hydrogens is 121 g/mol. The Morgan fingerprint density at radius 1 is 1.40 bits per heavy atom. The monoisotopic (exact) mass is 137 g/mol. The summed E-state index contributed by atoms with van der Waals surface area (Å²) in [7, 11) is 2.28. The molecule has 1 aliphatic carbocycles. The summed E-state index contributed by atoms with van der Waals surface area (Å²) >= 11 is 0. The molecule has 56 valence electrons. The maximum Gasteiger partial charge on any atom is 0.185 e. The Balaban J connectivity index is 2.11. The summed E-state index contributed by atoms with van der Waals surface area (Å²) in [5.74, 6) is 2.00. The smallest absolute Gasteiger partial charge is 0.185 e. The highest BCUT2D eigenvalue weighted by Gasteiger charge is 2.35. The second kappa shape index (κ2) is 2.26. The van der Waals surface area contributed by atoms with Crippen LogP contribution in [0.5, 0.6) is 0 Å². The molecule has 0 aromatic carbocycles. The summed E-state index contributed by atoms with van der Waals surface area (Å²) in [6.07, 6.45) is 4.46. The van der Waals surface area contributed by atoms with E-state index in [4.69, 9.17) is 0 Å². The van der Waals surface area contributed by atoms with Gasteiger partial charge in [0, 0.05) is 6.04 Å². The predicted molar refractivity (Wildman–Crippen MR) is 45.5 cm³/mol. The van der Waals surface area contributed by atoms with Crippen molar-refractivity contribution in [3.63, 3.8) is 0 Å². The molecule has 3 fully saturated rings. The highest BCUT2D eigenvalue weighted by molar-refractivity contribution is 6.04. The van der Waals surface area contributed by atoms with Gasteiger partial charge in [-0.15, -0.1) is 0 Å². The molecule has 1 nitrogen and oxygen atoms in total. The minimum Gasteiger partial charge on any atom is -0.346 e. The first kappa shape index (κ1) is 6.72. The molecule has 0 spiro atoms. The van der Waals surface area contributed by atoms with Crippen molar-refractivity contribution in [3.05, 3.63) is 0 Å². The van der Waals surface area contributed by atoms with Crippen LogP contribution in [-0.4, -0.2) is 25.4 Å². The Bertz CT molecular complexity index is 125. The van der Waals surface area contributed by atoms with E-state index in [1.807, 2.05) is 0 Å². The molecule has 2 heterocycles. The molecule has 1 saturated carbocycles. The lowest BCUT2D eigenvalue weighted by molar-refractivity contribution is 0.0714. The molecule has 2 bridgehead atoms. The number of nitrogens with zero attached hydrogens (tertiary/aromatic N) is 1. The third-order valence-corrected chi connectivity index (χ3v) is 3.34. The maximum absolute atomic E-state index is 2.56. The minimum atomic E-state index is 0.921. The second-order valence-electron chi connectivity index (χ2n) is 4.16. The molecule has 0 radical (unpaired) electrons. The summed E-state index contributed by atoms with van der Waals surface area (Å²) in [4.78, 5) is 2.56. The molecule has 2 saturated heterocycles. The highest BCUT2D eigenvalue weighted by Crippen LogP contribution is 2.37. The molecule has 3 rings (SSSR count). The summed E-state index contributed by atoms with van der Waals surface area (Å²) in [5.41, 5.74) is 0. The summed E-state index contributed by atoms with van der Waals surface area (Å²) in [6, 6.07) is 0.921. The van der Waals surface area contributed by atoms with Crippen LogP contribution < -0.4 is 0 Å². The van der Waals surface area contributed by atoms with Gasteiger partial charge in [0.05, 0.1) is 0 Å². The van der Waals surface area contributed by atoms with Gasteiger partial charge in [-0.25, -0.2) is 0 Å². The largest absolute Gasteiger partial charge is 0.346 e. The first-order valence-corrected chi connectivity index (χ1v) is 4.47. The minimum absolute atomic E-state index is 0.921. The maximum atomic E-state index is 2.56. The highest BCUT2D eigenvalue weighted by atomic mass is 15.1. The number of hydrogen-bond donors (Lipinski definition) is 0. The van der Waals surface area contributed by atoms with Crippen LogP contribution in [0.3, 0.4) is 0 Å². The zero-order valence-electron chi connectivity index (χ0n) is 7.01. The first-order valence-electron chi connectivity index (χ1n) is 4.47. The predicted octanol–water partition coefficient (Wildman–Crippen LogP) is 0.655. The Morgan fingerprint density at radius 3 is 2.60 bits per heavy atom. The molecule has 2 heteroatoms. The first-order chi connectivity index (χ1) is 4.77. The van der Waals surface area contributed by atoms with Gasteiger partial charge >= 0.3 is 0 Å². The fourth-order valence-electron chi connectivity index (χ4n) is 2.85. The Morgan fingerprint density at radius 2 is 2.20 bits per heavy atom. The van der Waals surface area contributed by atoms with Crippen molar-refractivity contribution in [2.24, 2.45) is 11.8 Å². The van der Waals surface area contributed by atoms with Crippen LogP contribution in [0.2, 0.25) is 0 Å². The van der Waals surface area contributed by atoms with Gasteiger partial charge in [-0.1, -0.05) is 6.92 Å². The Labute approximate surface area is 64.2 Å². The van der Waals surface area contributed by atoms with E-state index in [0.29, 0.717) is 0 Å². The lowest BCUT2D eigenvalue weighted by atomic mass is 9.72. The third-order valence-electron chi connectivity index (χ3n) is 3.34. The Kier molecular flexibility index (Phi) is 1.52. The SMILES string of the molecule is BN1CC2CCC1C(C)C2. The van der Waals surface area contributed by atoms with Crippen molar-refractivity contribution in [2.45, 2.75) is 32.2 Å². The van der Waals surface area contributed by atoms with Crippen molar-refractivity contribution in [2.75, 3.05) is 6.54 Å². The third kappa shape index (κ3) is 0.896. The molecule has 0 aromatic rings. The number of fused-ring (bicyclic) bond motifs is 3. The van der Waals surface area contributed by atoms with Crippen molar-refractivity contribution in [3.8, 4) is 0 Å². The van der Waals surface area contributed by atoms with E-state index >= 15 is 0 Å². The van der Waals surface area contributed by atoms with Crippen LogP contribution in [0.1, 0.15) is 26.2 Å². The topological polar surface area (TPSA) is 3.24 Å². The molecule has 0 amide bonds. The average Bonchev–Trinajstić information content (AvgIpc) is 1.86. The van der Waals surface area contributed by atoms with Crippen LogP contribution >= 0.6 is 0 Å². The van der Waals surface area contributed by atoms with Gasteiger partial charge in [0.25, 0.3) is 0 Å².